The first-order chi connectivity index (χ1) is 18.7. The van der Waals surface area contributed by atoms with Gasteiger partial charge in [-0.25, -0.2) is 0 Å². The maximum atomic E-state index is 13.6. The van der Waals surface area contributed by atoms with Crippen LogP contribution < -0.4 is 11.1 Å². The number of hydrogen-bond acceptors (Lipinski definition) is 6. The largest absolute Gasteiger partial charge is 0.508 e. The number of hydrogen-bond donors (Lipinski definition) is 4. The van der Waals surface area contributed by atoms with Crippen LogP contribution in [0.1, 0.15) is 43.2 Å². The zero-order valence-corrected chi connectivity index (χ0v) is 21.9. The van der Waals surface area contributed by atoms with Crippen molar-refractivity contribution in [3.63, 3.8) is 0 Å². The van der Waals surface area contributed by atoms with Gasteiger partial charge in [0.25, 0.3) is 0 Å². The van der Waals surface area contributed by atoms with Crippen molar-refractivity contribution in [1.82, 2.24) is 15.1 Å². The number of likely N-dealkylation sites (tertiary alicyclic amines) is 2. The predicted octanol–water partition coefficient (Wildman–Crippen LogP) is 1.45. The van der Waals surface area contributed by atoms with Crippen LogP contribution in [0.2, 0.25) is 0 Å². The minimum absolute atomic E-state index is 0.127. The second-order valence-corrected chi connectivity index (χ2v) is 10.3. The lowest BCUT2D eigenvalue weighted by molar-refractivity contribution is -0.147. The number of nitrogens with two attached hydrogens (primary N) is 1. The van der Waals surface area contributed by atoms with Crippen LogP contribution in [0.15, 0.2) is 54.6 Å². The first-order valence-corrected chi connectivity index (χ1v) is 13.4. The molecule has 4 unspecified atom stereocenters. The van der Waals surface area contributed by atoms with Gasteiger partial charge in [0, 0.05) is 19.1 Å². The Morgan fingerprint density at radius 3 is 2.15 bits per heavy atom. The number of carboxylic acid groups (broad SMARTS) is 1. The molecule has 2 heterocycles. The van der Waals surface area contributed by atoms with Crippen molar-refractivity contribution in [2.24, 2.45) is 5.73 Å². The number of amides is 3. The van der Waals surface area contributed by atoms with Crippen molar-refractivity contribution < 1.29 is 29.4 Å². The molecule has 10 nitrogen and oxygen atoms in total. The van der Waals surface area contributed by atoms with Gasteiger partial charge in [-0.3, -0.25) is 19.2 Å². The molecule has 2 saturated heterocycles. The summed E-state index contributed by atoms with van der Waals surface area (Å²) in [5.74, 6) is -1.85. The number of aliphatic carboxylic acids is 1. The number of carboxylic acids is 1. The maximum Gasteiger partial charge on any atom is 0.305 e. The molecule has 4 atom stereocenters. The third-order valence-corrected chi connectivity index (χ3v) is 7.46. The summed E-state index contributed by atoms with van der Waals surface area (Å²) in [6, 6.07) is 13.0. The van der Waals surface area contributed by atoms with Crippen LogP contribution in [0.4, 0.5) is 0 Å². The van der Waals surface area contributed by atoms with Crippen molar-refractivity contribution in [1.29, 1.82) is 0 Å². The number of benzene rings is 2. The summed E-state index contributed by atoms with van der Waals surface area (Å²) in [4.78, 5) is 54.7. The van der Waals surface area contributed by atoms with E-state index in [9.17, 15) is 29.4 Å². The van der Waals surface area contributed by atoms with Gasteiger partial charge in [-0.05, 0) is 61.8 Å². The van der Waals surface area contributed by atoms with Gasteiger partial charge in [0.15, 0.2) is 0 Å². The molecule has 0 aliphatic carbocycles. The Kier molecular flexibility index (Phi) is 9.19. The van der Waals surface area contributed by atoms with Crippen molar-refractivity contribution in [2.45, 2.75) is 69.1 Å². The average Bonchev–Trinajstić information content (AvgIpc) is 3.60. The second-order valence-electron chi connectivity index (χ2n) is 10.3. The van der Waals surface area contributed by atoms with E-state index < -0.39 is 30.1 Å². The average molecular weight is 537 g/mol. The molecule has 0 aromatic heterocycles. The number of rotatable bonds is 10. The minimum Gasteiger partial charge on any atom is -0.508 e. The van der Waals surface area contributed by atoms with Crippen LogP contribution in [0.5, 0.6) is 5.75 Å². The van der Waals surface area contributed by atoms with E-state index in [1.807, 2.05) is 30.3 Å². The summed E-state index contributed by atoms with van der Waals surface area (Å²) >= 11 is 0. The highest BCUT2D eigenvalue weighted by Gasteiger charge is 2.43. The van der Waals surface area contributed by atoms with Gasteiger partial charge >= 0.3 is 5.97 Å². The normalized spacial score (nSPS) is 20.4. The zero-order chi connectivity index (χ0) is 27.9. The van der Waals surface area contributed by atoms with Crippen LogP contribution in [0.25, 0.3) is 0 Å². The molecule has 0 spiro atoms. The number of nitrogens with zero attached hydrogens (tertiary/aromatic N) is 2. The van der Waals surface area contributed by atoms with Crippen molar-refractivity contribution in [2.75, 3.05) is 13.1 Å². The van der Waals surface area contributed by atoms with Crippen LogP contribution in [0, 0.1) is 0 Å². The predicted molar refractivity (Wildman–Crippen MR) is 144 cm³/mol. The molecule has 2 fully saturated rings. The van der Waals surface area contributed by atoms with Gasteiger partial charge in [-0.2, -0.15) is 0 Å². The standard InChI is InChI=1S/C29H36N4O6/c30-23(17-20-10-12-22(34)13-11-20)28(38)33-15-5-9-25(33)29(39)32-14-4-8-24(32)27(37)31-21(18-26(35)36)16-19-6-2-1-3-7-19/h1-3,6-7,10-13,21,23-25,34H,4-5,8-9,14-18,30H2,(H,31,37)(H,35,36). The van der Waals surface area contributed by atoms with E-state index in [1.54, 1.807) is 12.1 Å². The summed E-state index contributed by atoms with van der Waals surface area (Å²) in [5.41, 5.74) is 7.94. The molecular formula is C29H36N4O6. The van der Waals surface area contributed by atoms with Crippen LogP contribution >= 0.6 is 0 Å². The highest BCUT2D eigenvalue weighted by atomic mass is 16.4. The van der Waals surface area contributed by atoms with Gasteiger partial charge in [0.2, 0.25) is 17.7 Å². The summed E-state index contributed by atoms with van der Waals surface area (Å²) in [7, 11) is 0. The van der Waals surface area contributed by atoms with Crippen LogP contribution in [0.3, 0.4) is 0 Å². The van der Waals surface area contributed by atoms with Gasteiger partial charge in [0.05, 0.1) is 12.5 Å². The fourth-order valence-corrected chi connectivity index (χ4v) is 5.55. The molecule has 2 aromatic carbocycles. The smallest absolute Gasteiger partial charge is 0.305 e. The second kappa shape index (κ2) is 12.8. The molecule has 4 rings (SSSR count). The first-order valence-electron chi connectivity index (χ1n) is 13.4. The maximum absolute atomic E-state index is 13.6. The lowest BCUT2D eigenvalue weighted by Gasteiger charge is -2.32. The van der Waals surface area contributed by atoms with Crippen LogP contribution in [-0.4, -0.2) is 81.0 Å². The summed E-state index contributed by atoms with van der Waals surface area (Å²) < 4.78 is 0. The number of phenolic OH excluding ortho intramolecular Hbond substituents is 1. The van der Waals surface area contributed by atoms with Crippen molar-refractivity contribution >= 4 is 23.7 Å². The van der Waals surface area contributed by atoms with Gasteiger partial charge in [-0.1, -0.05) is 42.5 Å². The summed E-state index contributed by atoms with van der Waals surface area (Å²) in [6.07, 6.45) is 2.69. The van der Waals surface area contributed by atoms with Gasteiger partial charge in [-0.15, -0.1) is 0 Å². The SMILES string of the molecule is NC(Cc1ccc(O)cc1)C(=O)N1CCCC1C(=O)N1CCCC1C(=O)NC(CC(=O)O)Cc1ccccc1. The zero-order valence-electron chi connectivity index (χ0n) is 21.9. The molecule has 5 N–H and O–H groups in total. The molecule has 39 heavy (non-hydrogen) atoms. The fourth-order valence-electron chi connectivity index (χ4n) is 5.55. The molecule has 2 aromatic rings. The monoisotopic (exact) mass is 536 g/mol. The number of nitrogens with one attached hydrogen (secondary N) is 1. The van der Waals surface area contributed by atoms with Crippen molar-refractivity contribution in [3.8, 4) is 5.75 Å². The lowest BCUT2D eigenvalue weighted by Crippen LogP contribution is -2.56. The Hall–Kier alpha value is -3.92. The third kappa shape index (κ3) is 7.14. The molecule has 2 aliphatic heterocycles. The molecular weight excluding hydrogens is 500 g/mol. The van der Waals surface area contributed by atoms with E-state index in [4.69, 9.17) is 5.73 Å². The highest BCUT2D eigenvalue weighted by molar-refractivity contribution is 5.94. The number of carbonyl (C=O) groups is 4. The van der Waals surface area contributed by atoms with E-state index in [-0.39, 0.29) is 36.3 Å². The lowest BCUT2D eigenvalue weighted by atomic mass is 10.0. The highest BCUT2D eigenvalue weighted by Crippen LogP contribution is 2.26. The third-order valence-electron chi connectivity index (χ3n) is 7.46. The first kappa shape index (κ1) is 28.1. The summed E-state index contributed by atoms with van der Waals surface area (Å²) in [6.45, 7) is 0.818. The van der Waals surface area contributed by atoms with E-state index in [0.29, 0.717) is 45.2 Å². The van der Waals surface area contributed by atoms with Gasteiger partial charge < -0.3 is 31.1 Å². The fraction of sp³-hybridized carbons (Fsp3) is 0.448. The van der Waals surface area contributed by atoms with Gasteiger partial charge in [0.1, 0.15) is 17.8 Å². The Morgan fingerprint density at radius 1 is 0.872 bits per heavy atom. The Morgan fingerprint density at radius 2 is 1.49 bits per heavy atom. The molecule has 0 radical (unpaired) electrons. The van der Waals surface area contributed by atoms with E-state index in [2.05, 4.69) is 5.32 Å². The van der Waals surface area contributed by atoms with E-state index in [1.165, 1.54) is 21.9 Å². The summed E-state index contributed by atoms with van der Waals surface area (Å²) in [5, 5.41) is 21.7. The molecule has 208 valence electrons. The molecule has 0 saturated carbocycles. The number of aromatic hydroxyl groups is 1. The van der Waals surface area contributed by atoms with E-state index >= 15 is 0 Å². The topological polar surface area (TPSA) is 153 Å². The Balaban J connectivity index is 1.40. The molecule has 3 amide bonds. The molecule has 0 bridgehead atoms. The van der Waals surface area contributed by atoms with Crippen LogP contribution in [-0.2, 0) is 32.0 Å². The Labute approximate surface area is 227 Å². The Bertz CT molecular complexity index is 1170. The van der Waals surface area contributed by atoms with E-state index in [0.717, 1.165) is 11.1 Å². The quantitative estimate of drug-likeness (QED) is 0.358. The molecule has 10 heteroatoms. The molecule has 2 aliphatic rings. The minimum atomic E-state index is -1.01. The number of carbonyl (C=O) groups excluding carboxylic acids is 3. The van der Waals surface area contributed by atoms with Crippen molar-refractivity contribution in [3.05, 3.63) is 65.7 Å². The number of phenols is 1.